The van der Waals surface area contributed by atoms with E-state index in [0.717, 1.165) is 17.4 Å². The van der Waals surface area contributed by atoms with Crippen molar-refractivity contribution in [2.24, 2.45) is 17.8 Å². The van der Waals surface area contributed by atoms with Crippen LogP contribution in [0.1, 0.15) is 31.2 Å². The second-order valence-corrected chi connectivity index (χ2v) is 8.67. The summed E-state index contributed by atoms with van der Waals surface area (Å²) in [7, 11) is 1.72. The molecule has 0 saturated heterocycles. The van der Waals surface area contributed by atoms with Gasteiger partial charge >= 0.3 is 0 Å². The van der Waals surface area contributed by atoms with E-state index in [4.69, 9.17) is 15.4 Å². The Bertz CT molecular complexity index is 612. The smallest absolute Gasteiger partial charge is 0.264 e. The summed E-state index contributed by atoms with van der Waals surface area (Å²) in [5.41, 5.74) is 0.858. The lowest BCUT2D eigenvalue weighted by atomic mass is 9.89. The van der Waals surface area contributed by atoms with Gasteiger partial charge in [0.1, 0.15) is 10.6 Å². The molecule has 3 atom stereocenters. The molecule has 2 aliphatic rings. The minimum absolute atomic E-state index is 0.0855. The number of benzene rings is 1. The third-order valence-electron chi connectivity index (χ3n) is 4.70. The van der Waals surface area contributed by atoms with Crippen LogP contribution >= 0.6 is 10.7 Å². The van der Waals surface area contributed by atoms with Crippen molar-refractivity contribution in [1.29, 1.82) is 0 Å². The minimum atomic E-state index is -3.76. The van der Waals surface area contributed by atoms with Crippen LogP contribution in [0.3, 0.4) is 0 Å². The number of fused-ring (bicyclic) bond motifs is 2. The Morgan fingerprint density at radius 2 is 2.10 bits per heavy atom. The van der Waals surface area contributed by atoms with Gasteiger partial charge in [0.05, 0.1) is 6.61 Å². The summed E-state index contributed by atoms with van der Waals surface area (Å²) in [6.45, 7) is 2.44. The van der Waals surface area contributed by atoms with Gasteiger partial charge in [-0.15, -0.1) is 0 Å². The molecule has 1 aromatic carbocycles. The highest BCUT2D eigenvalue weighted by Crippen LogP contribution is 2.48. The summed E-state index contributed by atoms with van der Waals surface area (Å²) in [6.07, 6.45) is 5.20. The summed E-state index contributed by atoms with van der Waals surface area (Å²) in [4.78, 5) is 0.0855. The fourth-order valence-corrected chi connectivity index (χ4v) is 4.76. The van der Waals surface area contributed by atoms with E-state index in [1.165, 1.54) is 25.7 Å². The first-order valence-corrected chi connectivity index (χ1v) is 9.42. The molecule has 0 aromatic heterocycles. The number of halogens is 1. The number of aryl methyl sites for hydroxylation is 1. The third-order valence-corrected chi connectivity index (χ3v) is 6.04. The number of hydrogen-bond acceptors (Lipinski definition) is 3. The Hall–Kier alpha value is -0.740. The zero-order valence-electron chi connectivity index (χ0n) is 11.5. The van der Waals surface area contributed by atoms with Crippen molar-refractivity contribution in [2.45, 2.75) is 37.5 Å². The molecule has 0 aliphatic heterocycles. The Labute approximate surface area is 124 Å². The minimum Gasteiger partial charge on any atom is -0.492 e. The lowest BCUT2D eigenvalue weighted by Gasteiger charge is -2.22. The normalized spacial score (nSPS) is 28.8. The summed E-state index contributed by atoms with van der Waals surface area (Å²) in [6, 6.07) is 5.12. The molecule has 2 bridgehead atoms. The van der Waals surface area contributed by atoms with Gasteiger partial charge in [-0.1, -0.05) is 12.5 Å². The Kier molecular flexibility index (Phi) is 3.71. The van der Waals surface area contributed by atoms with E-state index in [1.807, 2.05) is 13.0 Å². The SMILES string of the molecule is Cc1ccc(OCC2CC3CCC2C3)c(S(=O)(=O)Cl)c1. The molecule has 0 spiro atoms. The largest absolute Gasteiger partial charge is 0.492 e. The molecule has 1 aromatic rings. The van der Waals surface area contributed by atoms with Gasteiger partial charge in [-0.2, -0.15) is 0 Å². The first-order valence-electron chi connectivity index (χ1n) is 7.11. The predicted octanol–water partition coefficient (Wildman–Crippen LogP) is 3.74. The van der Waals surface area contributed by atoms with Crippen LogP contribution in [0, 0.1) is 24.7 Å². The van der Waals surface area contributed by atoms with Crippen LogP contribution in [0.2, 0.25) is 0 Å². The molecule has 5 heteroatoms. The fourth-order valence-electron chi connectivity index (χ4n) is 3.70. The molecule has 0 N–H and O–H groups in total. The van der Waals surface area contributed by atoms with E-state index in [-0.39, 0.29) is 4.90 Å². The zero-order chi connectivity index (χ0) is 14.3. The molecule has 20 heavy (non-hydrogen) atoms. The third kappa shape index (κ3) is 2.82. The maximum Gasteiger partial charge on any atom is 0.264 e. The first-order chi connectivity index (χ1) is 9.43. The molecule has 0 heterocycles. The predicted molar refractivity (Wildman–Crippen MR) is 78.7 cm³/mol. The van der Waals surface area contributed by atoms with Gasteiger partial charge in [0.2, 0.25) is 0 Å². The topological polar surface area (TPSA) is 43.4 Å². The van der Waals surface area contributed by atoms with Gasteiger partial charge in [0.25, 0.3) is 9.05 Å². The van der Waals surface area contributed by atoms with Crippen LogP contribution in [0.5, 0.6) is 5.75 Å². The van der Waals surface area contributed by atoms with Crippen LogP contribution in [-0.4, -0.2) is 15.0 Å². The van der Waals surface area contributed by atoms with Gasteiger partial charge in [-0.25, -0.2) is 8.42 Å². The second kappa shape index (κ2) is 5.23. The quantitative estimate of drug-likeness (QED) is 0.795. The molecular weight excluding hydrogens is 296 g/mol. The van der Waals surface area contributed by atoms with Gasteiger partial charge < -0.3 is 4.74 Å². The molecule has 3 rings (SSSR count). The van der Waals surface area contributed by atoms with Gasteiger partial charge in [0, 0.05) is 10.7 Å². The van der Waals surface area contributed by atoms with E-state index in [9.17, 15) is 8.42 Å². The number of rotatable bonds is 4. The number of hydrogen-bond donors (Lipinski definition) is 0. The average Bonchev–Trinajstić information content (AvgIpc) is 2.98. The molecule has 0 amide bonds. The van der Waals surface area contributed by atoms with E-state index >= 15 is 0 Å². The molecule has 3 nitrogen and oxygen atoms in total. The van der Waals surface area contributed by atoms with Gasteiger partial charge in [0.15, 0.2) is 0 Å². The molecule has 2 saturated carbocycles. The van der Waals surface area contributed by atoms with Crippen LogP contribution in [0.15, 0.2) is 23.1 Å². The highest BCUT2D eigenvalue weighted by atomic mass is 35.7. The standard InChI is InChI=1S/C15H19ClO3S/c1-10-2-5-14(15(6-10)20(16,17)18)19-9-13-8-11-3-4-12(13)7-11/h2,5-6,11-13H,3-4,7-9H2,1H3. The Balaban J connectivity index is 1.74. The number of ether oxygens (including phenoxy) is 1. The van der Waals surface area contributed by atoms with Gasteiger partial charge in [-0.3, -0.25) is 0 Å². The lowest BCUT2D eigenvalue weighted by Crippen LogP contribution is -2.19. The van der Waals surface area contributed by atoms with Crippen LogP contribution in [0.25, 0.3) is 0 Å². The van der Waals surface area contributed by atoms with Crippen LogP contribution in [0.4, 0.5) is 0 Å². The first kappa shape index (κ1) is 14.2. The van der Waals surface area contributed by atoms with Crippen molar-refractivity contribution in [3.63, 3.8) is 0 Å². The van der Waals surface area contributed by atoms with Crippen molar-refractivity contribution >= 4 is 19.7 Å². The van der Waals surface area contributed by atoms with Crippen molar-refractivity contribution in [2.75, 3.05) is 6.61 Å². The van der Waals surface area contributed by atoms with Crippen LogP contribution < -0.4 is 4.74 Å². The van der Waals surface area contributed by atoms with Crippen molar-refractivity contribution in [1.82, 2.24) is 0 Å². The molecule has 0 radical (unpaired) electrons. The maximum absolute atomic E-state index is 11.6. The monoisotopic (exact) mass is 314 g/mol. The summed E-state index contributed by atoms with van der Waals surface area (Å²) < 4.78 is 29.0. The average molecular weight is 315 g/mol. The van der Waals surface area contributed by atoms with Gasteiger partial charge in [-0.05, 0) is 61.6 Å². The maximum atomic E-state index is 11.6. The molecule has 3 unspecified atom stereocenters. The highest BCUT2D eigenvalue weighted by Gasteiger charge is 2.39. The van der Waals surface area contributed by atoms with Crippen LogP contribution in [-0.2, 0) is 9.05 Å². The van der Waals surface area contributed by atoms with E-state index in [1.54, 1.807) is 12.1 Å². The Morgan fingerprint density at radius 1 is 1.30 bits per heavy atom. The zero-order valence-corrected chi connectivity index (χ0v) is 13.1. The van der Waals surface area contributed by atoms with Crippen molar-refractivity contribution < 1.29 is 13.2 Å². The second-order valence-electron chi connectivity index (χ2n) is 6.13. The van der Waals surface area contributed by atoms with E-state index in [0.29, 0.717) is 18.3 Å². The summed E-state index contributed by atoms with van der Waals surface area (Å²) in [5, 5.41) is 0. The molecular formula is C15H19ClO3S. The van der Waals surface area contributed by atoms with E-state index < -0.39 is 9.05 Å². The molecule has 110 valence electrons. The lowest BCUT2D eigenvalue weighted by molar-refractivity contribution is 0.192. The van der Waals surface area contributed by atoms with Crippen molar-refractivity contribution in [3.05, 3.63) is 23.8 Å². The Morgan fingerprint density at radius 3 is 2.70 bits per heavy atom. The summed E-state index contributed by atoms with van der Waals surface area (Å²) >= 11 is 0. The molecule has 2 fully saturated rings. The highest BCUT2D eigenvalue weighted by molar-refractivity contribution is 8.13. The van der Waals surface area contributed by atoms with Crippen molar-refractivity contribution in [3.8, 4) is 5.75 Å². The fraction of sp³-hybridized carbons (Fsp3) is 0.600. The van der Waals surface area contributed by atoms with E-state index in [2.05, 4.69) is 0 Å². The summed E-state index contributed by atoms with van der Waals surface area (Å²) in [5.74, 6) is 2.58. The molecule has 2 aliphatic carbocycles.